The van der Waals surface area contributed by atoms with Crippen molar-refractivity contribution in [2.24, 2.45) is 5.73 Å². The Bertz CT molecular complexity index is 491. The Labute approximate surface area is 114 Å². The summed E-state index contributed by atoms with van der Waals surface area (Å²) in [7, 11) is 0. The third-order valence-corrected chi connectivity index (χ3v) is 2.96. The van der Waals surface area contributed by atoms with E-state index in [-0.39, 0.29) is 0 Å². The number of carbonyl (C=O) groups is 2. The standard InChI is InChI=1S/C11H12Cl2N2O3/c1-5-2-7(13)9(3-6(5)12)15-11(18)8(14)4-10(16)17/h2-3,8H,4,14H2,1H3,(H,15,18)(H,16,17). The molecule has 0 aliphatic carbocycles. The van der Waals surface area contributed by atoms with Crippen molar-refractivity contribution in [3.8, 4) is 0 Å². The monoisotopic (exact) mass is 290 g/mol. The lowest BCUT2D eigenvalue weighted by Gasteiger charge is -2.12. The lowest BCUT2D eigenvalue weighted by molar-refractivity contribution is -0.138. The van der Waals surface area contributed by atoms with Gasteiger partial charge < -0.3 is 16.2 Å². The second-order valence-electron chi connectivity index (χ2n) is 3.77. The molecular weight excluding hydrogens is 279 g/mol. The Morgan fingerprint density at radius 2 is 2.00 bits per heavy atom. The van der Waals surface area contributed by atoms with Crippen molar-refractivity contribution in [2.45, 2.75) is 19.4 Å². The van der Waals surface area contributed by atoms with Crippen molar-refractivity contribution in [3.05, 3.63) is 27.7 Å². The number of hydrogen-bond acceptors (Lipinski definition) is 3. The normalized spacial score (nSPS) is 12.0. The third kappa shape index (κ3) is 3.87. The zero-order valence-electron chi connectivity index (χ0n) is 9.54. The summed E-state index contributed by atoms with van der Waals surface area (Å²) in [5, 5.41) is 11.7. The first-order chi connectivity index (χ1) is 8.31. The van der Waals surface area contributed by atoms with E-state index in [1.807, 2.05) is 0 Å². The molecule has 0 saturated carbocycles. The highest BCUT2D eigenvalue weighted by Gasteiger charge is 2.18. The van der Waals surface area contributed by atoms with Crippen LogP contribution in [0, 0.1) is 6.92 Å². The third-order valence-electron chi connectivity index (χ3n) is 2.24. The molecule has 0 bridgehead atoms. The van der Waals surface area contributed by atoms with Crippen LogP contribution < -0.4 is 11.1 Å². The summed E-state index contributed by atoms with van der Waals surface area (Å²) in [6.07, 6.45) is -0.455. The van der Waals surface area contributed by atoms with Crippen molar-refractivity contribution in [1.29, 1.82) is 0 Å². The Morgan fingerprint density at radius 1 is 1.39 bits per heavy atom. The van der Waals surface area contributed by atoms with Gasteiger partial charge in [-0.05, 0) is 24.6 Å². The van der Waals surface area contributed by atoms with Gasteiger partial charge in [-0.1, -0.05) is 23.2 Å². The van der Waals surface area contributed by atoms with E-state index in [9.17, 15) is 9.59 Å². The number of amides is 1. The molecule has 0 saturated heterocycles. The number of halogens is 2. The minimum atomic E-state index is -1.15. The first-order valence-electron chi connectivity index (χ1n) is 5.05. The minimum absolute atomic E-state index is 0.304. The Balaban J connectivity index is 2.82. The molecule has 0 fully saturated rings. The number of carboxylic acids is 1. The molecule has 1 aromatic rings. The molecule has 1 atom stereocenters. The van der Waals surface area contributed by atoms with Crippen molar-refractivity contribution in [1.82, 2.24) is 0 Å². The van der Waals surface area contributed by atoms with Crippen LogP contribution in [0.15, 0.2) is 12.1 Å². The maximum Gasteiger partial charge on any atom is 0.305 e. The molecule has 7 heteroatoms. The predicted octanol–water partition coefficient (Wildman–Crippen LogP) is 2.04. The lowest BCUT2D eigenvalue weighted by Crippen LogP contribution is -2.37. The number of aliphatic carboxylic acids is 1. The molecule has 0 spiro atoms. The van der Waals surface area contributed by atoms with E-state index >= 15 is 0 Å². The summed E-state index contributed by atoms with van der Waals surface area (Å²) < 4.78 is 0. The molecule has 1 aromatic carbocycles. The maximum atomic E-state index is 11.6. The molecule has 98 valence electrons. The summed E-state index contributed by atoms with van der Waals surface area (Å²) in [4.78, 5) is 22.0. The van der Waals surface area contributed by atoms with Crippen LogP contribution in [-0.2, 0) is 9.59 Å². The first kappa shape index (κ1) is 14.8. The van der Waals surface area contributed by atoms with E-state index in [1.54, 1.807) is 13.0 Å². The van der Waals surface area contributed by atoms with Crippen molar-refractivity contribution >= 4 is 40.8 Å². The summed E-state index contributed by atoms with van der Waals surface area (Å²) in [5.41, 5.74) is 6.49. The van der Waals surface area contributed by atoms with Crippen molar-refractivity contribution < 1.29 is 14.7 Å². The summed E-state index contributed by atoms with van der Waals surface area (Å²) in [6.45, 7) is 1.77. The van der Waals surface area contributed by atoms with Gasteiger partial charge in [-0.15, -0.1) is 0 Å². The summed E-state index contributed by atoms with van der Waals surface area (Å²) in [6, 6.07) is 1.95. The van der Waals surface area contributed by atoms with Gasteiger partial charge in [0.05, 0.1) is 23.2 Å². The zero-order valence-corrected chi connectivity index (χ0v) is 11.0. The zero-order chi connectivity index (χ0) is 13.9. The van der Waals surface area contributed by atoms with Crippen molar-refractivity contribution in [3.63, 3.8) is 0 Å². The minimum Gasteiger partial charge on any atom is -0.481 e. The van der Waals surface area contributed by atoms with Gasteiger partial charge in [0.2, 0.25) is 5.91 Å². The van der Waals surface area contributed by atoms with E-state index in [0.717, 1.165) is 5.56 Å². The van der Waals surface area contributed by atoms with Crippen LogP contribution in [0.2, 0.25) is 10.0 Å². The fourth-order valence-corrected chi connectivity index (χ4v) is 1.68. The van der Waals surface area contributed by atoms with Gasteiger partial charge in [0.15, 0.2) is 0 Å². The average Bonchev–Trinajstić information content (AvgIpc) is 2.24. The number of rotatable bonds is 4. The van der Waals surface area contributed by atoms with Gasteiger partial charge in [-0.25, -0.2) is 0 Å². The Morgan fingerprint density at radius 3 is 2.56 bits per heavy atom. The van der Waals surface area contributed by atoms with Crippen LogP contribution in [0.4, 0.5) is 5.69 Å². The van der Waals surface area contributed by atoms with Gasteiger partial charge in [-0.3, -0.25) is 9.59 Å². The molecule has 0 aliphatic rings. The molecule has 0 aliphatic heterocycles. The molecule has 0 heterocycles. The smallest absolute Gasteiger partial charge is 0.305 e. The molecule has 1 amide bonds. The Kier molecular flexibility index (Phi) is 4.95. The van der Waals surface area contributed by atoms with Gasteiger partial charge in [-0.2, -0.15) is 0 Å². The largest absolute Gasteiger partial charge is 0.481 e. The van der Waals surface area contributed by atoms with Crippen LogP contribution in [0.1, 0.15) is 12.0 Å². The van der Waals surface area contributed by atoms with Crippen LogP contribution in [-0.4, -0.2) is 23.0 Å². The van der Waals surface area contributed by atoms with E-state index in [1.165, 1.54) is 6.07 Å². The van der Waals surface area contributed by atoms with E-state index in [0.29, 0.717) is 15.7 Å². The summed E-state index contributed by atoms with van der Waals surface area (Å²) in [5.74, 6) is -1.77. The number of carbonyl (C=O) groups excluding carboxylic acids is 1. The molecule has 4 N–H and O–H groups in total. The molecule has 0 aromatic heterocycles. The van der Waals surface area contributed by atoms with E-state index in [4.69, 9.17) is 34.0 Å². The van der Waals surface area contributed by atoms with Crippen LogP contribution in [0.3, 0.4) is 0 Å². The lowest BCUT2D eigenvalue weighted by atomic mass is 10.2. The molecule has 5 nitrogen and oxygen atoms in total. The van der Waals surface area contributed by atoms with Crippen LogP contribution in [0.5, 0.6) is 0 Å². The topological polar surface area (TPSA) is 92.4 Å². The highest BCUT2D eigenvalue weighted by Crippen LogP contribution is 2.28. The molecule has 1 rings (SSSR count). The highest BCUT2D eigenvalue weighted by atomic mass is 35.5. The van der Waals surface area contributed by atoms with Gasteiger partial charge in [0.1, 0.15) is 0 Å². The predicted molar refractivity (Wildman–Crippen MR) is 70.1 cm³/mol. The van der Waals surface area contributed by atoms with Crippen LogP contribution in [0.25, 0.3) is 0 Å². The molecule has 1 unspecified atom stereocenters. The first-order valence-corrected chi connectivity index (χ1v) is 5.80. The second kappa shape index (κ2) is 6.04. The van der Waals surface area contributed by atoms with Gasteiger partial charge >= 0.3 is 5.97 Å². The second-order valence-corrected chi connectivity index (χ2v) is 4.59. The van der Waals surface area contributed by atoms with Crippen LogP contribution >= 0.6 is 23.2 Å². The fraction of sp³-hybridized carbons (Fsp3) is 0.273. The fourth-order valence-electron chi connectivity index (χ4n) is 1.25. The number of anilines is 1. The quantitative estimate of drug-likeness (QED) is 0.791. The van der Waals surface area contributed by atoms with Crippen molar-refractivity contribution in [2.75, 3.05) is 5.32 Å². The average molecular weight is 291 g/mol. The maximum absolute atomic E-state index is 11.6. The molecular formula is C11H12Cl2N2O3. The SMILES string of the molecule is Cc1cc(Cl)c(NC(=O)C(N)CC(=O)O)cc1Cl. The number of hydrogen-bond donors (Lipinski definition) is 3. The highest BCUT2D eigenvalue weighted by molar-refractivity contribution is 6.36. The molecule has 0 radical (unpaired) electrons. The number of carboxylic acid groups (broad SMARTS) is 1. The van der Waals surface area contributed by atoms with Gasteiger partial charge in [0, 0.05) is 5.02 Å². The number of nitrogens with two attached hydrogens (primary N) is 1. The Hall–Kier alpha value is -1.30. The number of nitrogens with one attached hydrogen (secondary N) is 1. The van der Waals surface area contributed by atoms with Gasteiger partial charge in [0.25, 0.3) is 0 Å². The number of aryl methyl sites for hydroxylation is 1. The molecule has 18 heavy (non-hydrogen) atoms. The van der Waals surface area contributed by atoms with E-state index in [2.05, 4.69) is 5.32 Å². The summed E-state index contributed by atoms with van der Waals surface area (Å²) >= 11 is 11.8. The number of benzene rings is 1. The van der Waals surface area contributed by atoms with E-state index < -0.39 is 24.3 Å².